The van der Waals surface area contributed by atoms with E-state index in [1.807, 2.05) is 24.3 Å². The van der Waals surface area contributed by atoms with Crippen molar-refractivity contribution in [2.24, 2.45) is 0 Å². The summed E-state index contributed by atoms with van der Waals surface area (Å²) in [6.45, 7) is 2.47. The summed E-state index contributed by atoms with van der Waals surface area (Å²) in [5, 5.41) is 3.26. The molecule has 2 heterocycles. The van der Waals surface area contributed by atoms with E-state index in [9.17, 15) is 0 Å². The van der Waals surface area contributed by atoms with Gasteiger partial charge in [0.1, 0.15) is 19.7 Å². The predicted octanol–water partition coefficient (Wildman–Crippen LogP) is -1.09. The zero-order chi connectivity index (χ0) is 10.1. The minimum absolute atomic E-state index is 0.0256. The molecule has 4 heteroatoms. The van der Waals surface area contributed by atoms with Crippen LogP contribution in [0.25, 0.3) is 0 Å². The molecule has 1 aromatic rings. The summed E-state index contributed by atoms with van der Waals surface area (Å²) < 4.78 is 11.5. The van der Waals surface area contributed by atoms with Crippen molar-refractivity contribution in [3.05, 3.63) is 24.3 Å². The Kier molecular flexibility index (Phi) is 1.98. The highest BCUT2D eigenvalue weighted by atomic mass is 16.6. The maximum atomic E-state index is 5.83. The quantitative estimate of drug-likeness (QED) is 0.612. The lowest BCUT2D eigenvalue weighted by molar-refractivity contribution is -0.447. The molecule has 0 unspecified atom stereocenters. The average Bonchev–Trinajstić information content (AvgIpc) is 2.82. The molecule has 2 aliphatic heterocycles. The van der Waals surface area contributed by atoms with Gasteiger partial charge in [-0.05, 0) is 12.1 Å². The summed E-state index contributed by atoms with van der Waals surface area (Å²) in [5.41, 5.74) is 0. The molecule has 0 spiro atoms. The molecule has 0 amide bonds. The summed E-state index contributed by atoms with van der Waals surface area (Å²) in [4.78, 5) is 3.26. The fourth-order valence-corrected chi connectivity index (χ4v) is 1.85. The summed E-state index contributed by atoms with van der Waals surface area (Å²) in [6, 6.07) is 7.75. The van der Waals surface area contributed by atoms with Crippen molar-refractivity contribution in [2.75, 3.05) is 19.7 Å². The van der Waals surface area contributed by atoms with E-state index in [0.29, 0.717) is 6.61 Å². The van der Waals surface area contributed by atoms with Gasteiger partial charge in [-0.25, -0.2) is 0 Å². The molecule has 78 valence electrons. The first-order valence-electron chi connectivity index (χ1n) is 5.16. The third-order valence-corrected chi connectivity index (χ3v) is 2.59. The molecule has 0 radical (unpaired) electrons. The number of ether oxygens (including phenoxy) is 2. The average molecular weight is 205 g/mol. The second-order valence-corrected chi connectivity index (χ2v) is 3.63. The van der Waals surface area contributed by atoms with E-state index in [4.69, 9.17) is 9.47 Å². The molecule has 0 bridgehead atoms. The highest BCUT2D eigenvalue weighted by Gasteiger charge is 2.31. The molecule has 2 N–H and O–H groups in total. The monoisotopic (exact) mass is 205 g/mol. The first-order chi connectivity index (χ1) is 7.43. The van der Waals surface area contributed by atoms with Crippen LogP contribution < -0.4 is 19.8 Å². The van der Waals surface area contributed by atoms with E-state index in [1.54, 1.807) is 0 Å². The molecule has 0 aliphatic carbocycles. The van der Waals surface area contributed by atoms with Crippen molar-refractivity contribution in [2.45, 2.75) is 6.10 Å². The number of amidine groups is 1. The molecule has 3 rings (SSSR count). The van der Waals surface area contributed by atoms with Crippen molar-refractivity contribution in [3.8, 4) is 11.5 Å². The van der Waals surface area contributed by atoms with E-state index >= 15 is 0 Å². The van der Waals surface area contributed by atoms with Crippen LogP contribution in [0.5, 0.6) is 11.5 Å². The zero-order valence-corrected chi connectivity index (χ0v) is 8.32. The lowest BCUT2D eigenvalue weighted by Gasteiger charge is -2.24. The number of benzene rings is 1. The van der Waals surface area contributed by atoms with E-state index in [2.05, 4.69) is 10.3 Å². The van der Waals surface area contributed by atoms with Crippen LogP contribution in [0.4, 0.5) is 0 Å². The summed E-state index contributed by atoms with van der Waals surface area (Å²) >= 11 is 0. The molecular weight excluding hydrogens is 192 g/mol. The van der Waals surface area contributed by atoms with Gasteiger partial charge in [0.15, 0.2) is 11.5 Å². The lowest BCUT2D eigenvalue weighted by Crippen LogP contribution is -2.74. The Morgan fingerprint density at radius 1 is 1.27 bits per heavy atom. The van der Waals surface area contributed by atoms with E-state index < -0.39 is 0 Å². The standard InChI is InChI=1S/C11H12N2O2/c1-2-4-9-8(3-1)14-7-10(15-9)11-12-5-6-13-11/h1-4,10H,5-7H2,(H,12,13)/p+1/t10-/m1/s1. The van der Waals surface area contributed by atoms with Crippen LogP contribution in [-0.2, 0) is 0 Å². The third-order valence-electron chi connectivity index (χ3n) is 2.59. The molecular formula is C11H13N2O2+. The largest absolute Gasteiger partial charge is 0.485 e. The molecule has 0 aromatic heterocycles. The Balaban J connectivity index is 1.82. The first kappa shape index (κ1) is 8.59. The highest BCUT2D eigenvalue weighted by Crippen LogP contribution is 2.30. The molecule has 1 atom stereocenters. The van der Waals surface area contributed by atoms with Crippen molar-refractivity contribution < 1.29 is 14.5 Å². The van der Waals surface area contributed by atoms with Gasteiger partial charge in [-0.1, -0.05) is 12.1 Å². The number of hydrogen-bond donors (Lipinski definition) is 2. The number of nitrogens with one attached hydrogen (secondary N) is 2. The van der Waals surface area contributed by atoms with Crippen LogP contribution in [0, 0.1) is 0 Å². The SMILES string of the molecule is c1ccc2c(c1)OC[C@H](C1=[NH+]CCN1)O2. The molecule has 0 saturated heterocycles. The number of para-hydroxylation sites is 2. The maximum Gasteiger partial charge on any atom is 0.288 e. The summed E-state index contributed by atoms with van der Waals surface area (Å²) in [7, 11) is 0. The zero-order valence-electron chi connectivity index (χ0n) is 8.32. The molecule has 2 aliphatic rings. The van der Waals surface area contributed by atoms with Crippen molar-refractivity contribution in [1.29, 1.82) is 0 Å². The van der Waals surface area contributed by atoms with Crippen LogP contribution in [0.3, 0.4) is 0 Å². The van der Waals surface area contributed by atoms with E-state index in [0.717, 1.165) is 30.4 Å². The normalized spacial score (nSPS) is 23.2. The summed E-state index contributed by atoms with van der Waals surface area (Å²) in [5.74, 6) is 2.67. The van der Waals surface area contributed by atoms with Crippen LogP contribution in [0.2, 0.25) is 0 Å². The van der Waals surface area contributed by atoms with Gasteiger partial charge in [0.05, 0.1) is 0 Å². The third kappa shape index (κ3) is 1.52. The Morgan fingerprint density at radius 2 is 2.13 bits per heavy atom. The minimum atomic E-state index is -0.0256. The Hall–Kier alpha value is -1.71. The fourth-order valence-electron chi connectivity index (χ4n) is 1.85. The number of fused-ring (bicyclic) bond motifs is 1. The van der Waals surface area contributed by atoms with Gasteiger partial charge >= 0.3 is 0 Å². The van der Waals surface area contributed by atoms with Gasteiger partial charge in [0.25, 0.3) is 5.84 Å². The molecule has 0 fully saturated rings. The van der Waals surface area contributed by atoms with Crippen LogP contribution in [-0.4, -0.2) is 31.6 Å². The Bertz CT molecular complexity index is 403. The maximum absolute atomic E-state index is 5.83. The Labute approximate surface area is 87.9 Å². The van der Waals surface area contributed by atoms with Gasteiger partial charge < -0.3 is 9.47 Å². The molecule has 0 saturated carbocycles. The smallest absolute Gasteiger partial charge is 0.288 e. The number of rotatable bonds is 1. The van der Waals surface area contributed by atoms with Gasteiger partial charge in [0, 0.05) is 0 Å². The predicted molar refractivity (Wildman–Crippen MR) is 55.2 cm³/mol. The van der Waals surface area contributed by atoms with E-state index in [-0.39, 0.29) is 6.10 Å². The van der Waals surface area contributed by atoms with Crippen LogP contribution in [0.15, 0.2) is 24.3 Å². The van der Waals surface area contributed by atoms with Gasteiger partial charge in [-0.3, -0.25) is 10.3 Å². The minimum Gasteiger partial charge on any atom is -0.485 e. The molecule has 4 nitrogen and oxygen atoms in total. The Morgan fingerprint density at radius 3 is 2.93 bits per heavy atom. The highest BCUT2D eigenvalue weighted by molar-refractivity contribution is 5.82. The van der Waals surface area contributed by atoms with Crippen molar-refractivity contribution in [1.82, 2.24) is 5.32 Å². The molecule has 1 aromatic carbocycles. The molecule has 15 heavy (non-hydrogen) atoms. The van der Waals surface area contributed by atoms with Crippen molar-refractivity contribution >= 4 is 5.84 Å². The summed E-state index contributed by atoms with van der Waals surface area (Å²) in [6.07, 6.45) is -0.0256. The van der Waals surface area contributed by atoms with Crippen LogP contribution in [0.1, 0.15) is 0 Å². The number of hydrogen-bond acceptors (Lipinski definition) is 3. The van der Waals surface area contributed by atoms with Gasteiger partial charge in [-0.15, -0.1) is 0 Å². The van der Waals surface area contributed by atoms with Crippen LogP contribution >= 0.6 is 0 Å². The van der Waals surface area contributed by atoms with E-state index in [1.165, 1.54) is 0 Å². The second kappa shape index (κ2) is 3.46. The topological polar surface area (TPSA) is 44.5 Å². The van der Waals surface area contributed by atoms with Gasteiger partial charge in [0.2, 0.25) is 6.10 Å². The van der Waals surface area contributed by atoms with Crippen molar-refractivity contribution in [3.63, 3.8) is 0 Å². The van der Waals surface area contributed by atoms with Gasteiger partial charge in [-0.2, -0.15) is 0 Å². The lowest BCUT2D eigenvalue weighted by atomic mass is 10.2. The first-order valence-corrected chi connectivity index (χ1v) is 5.16. The fraction of sp³-hybridized carbons (Fsp3) is 0.364. The second-order valence-electron chi connectivity index (χ2n) is 3.63.